The van der Waals surface area contributed by atoms with Crippen LogP contribution in [0.1, 0.15) is 11.1 Å². The van der Waals surface area contributed by atoms with Gasteiger partial charge in [-0.25, -0.2) is 0 Å². The molecule has 1 saturated heterocycles. The summed E-state index contributed by atoms with van der Waals surface area (Å²) in [6, 6.07) is 14.8. The normalized spacial score (nSPS) is 20.8. The third-order valence-corrected chi connectivity index (χ3v) is 4.19. The number of esters is 1. The fourth-order valence-electron chi connectivity index (χ4n) is 2.95. The first-order valence-corrected chi connectivity index (χ1v) is 7.35. The lowest BCUT2D eigenvalue weighted by atomic mass is 9.85. The summed E-state index contributed by atoms with van der Waals surface area (Å²) in [5.41, 5.74) is 1.73. The van der Waals surface area contributed by atoms with Gasteiger partial charge in [0.2, 0.25) is 0 Å². The van der Waals surface area contributed by atoms with Gasteiger partial charge in [-0.3, -0.25) is 4.79 Å². The van der Waals surface area contributed by atoms with Crippen molar-refractivity contribution in [3.8, 4) is 11.5 Å². The quantitative estimate of drug-likeness (QED) is 0.673. The molecule has 0 saturated carbocycles. The maximum atomic E-state index is 12.0. The Morgan fingerprint density at radius 3 is 2.55 bits per heavy atom. The van der Waals surface area contributed by atoms with Gasteiger partial charge < -0.3 is 14.9 Å². The molecule has 0 radical (unpaired) electrons. The van der Waals surface area contributed by atoms with Crippen molar-refractivity contribution in [2.75, 3.05) is 6.61 Å². The van der Waals surface area contributed by atoms with Crippen molar-refractivity contribution >= 4 is 5.97 Å². The van der Waals surface area contributed by atoms with Crippen LogP contribution in [0.15, 0.2) is 48.5 Å². The standard InChI is InChI=1S/C18H18O4/c19-16-8-4-7-13(17(16)20)10-15-14(11-22-18(15)21)9-12-5-2-1-3-6-12/h1-8,14-15,19-20H,9-11H2/t14-,15+/m0/s1. The first-order chi connectivity index (χ1) is 10.6. The minimum absolute atomic E-state index is 0.0802. The minimum Gasteiger partial charge on any atom is -0.504 e. The molecule has 0 spiro atoms. The molecule has 0 bridgehead atoms. The number of rotatable bonds is 4. The zero-order valence-electron chi connectivity index (χ0n) is 12.1. The highest BCUT2D eigenvalue weighted by molar-refractivity contribution is 5.75. The van der Waals surface area contributed by atoms with Crippen molar-refractivity contribution in [1.29, 1.82) is 0 Å². The molecule has 0 unspecified atom stereocenters. The van der Waals surface area contributed by atoms with E-state index in [2.05, 4.69) is 0 Å². The number of cyclic esters (lactones) is 1. The Labute approximate surface area is 129 Å². The zero-order chi connectivity index (χ0) is 15.5. The van der Waals surface area contributed by atoms with Crippen LogP contribution in [0.5, 0.6) is 11.5 Å². The molecule has 4 nitrogen and oxygen atoms in total. The Morgan fingerprint density at radius 2 is 1.77 bits per heavy atom. The van der Waals surface area contributed by atoms with Gasteiger partial charge in [0.1, 0.15) is 0 Å². The van der Waals surface area contributed by atoms with E-state index in [1.807, 2.05) is 30.3 Å². The van der Waals surface area contributed by atoms with Crippen LogP contribution in [-0.2, 0) is 22.4 Å². The molecule has 1 aliphatic heterocycles. The topological polar surface area (TPSA) is 66.8 Å². The Balaban J connectivity index is 1.78. The maximum Gasteiger partial charge on any atom is 0.309 e. The van der Waals surface area contributed by atoms with Crippen molar-refractivity contribution in [3.63, 3.8) is 0 Å². The van der Waals surface area contributed by atoms with Gasteiger partial charge in [-0.05, 0) is 30.0 Å². The van der Waals surface area contributed by atoms with Gasteiger partial charge >= 0.3 is 5.97 Å². The second-order valence-electron chi connectivity index (χ2n) is 5.68. The molecule has 0 aliphatic carbocycles. The molecule has 0 amide bonds. The lowest BCUT2D eigenvalue weighted by Gasteiger charge is -2.16. The minimum atomic E-state index is -0.298. The van der Waals surface area contributed by atoms with Crippen LogP contribution in [0.4, 0.5) is 0 Å². The number of hydrogen-bond donors (Lipinski definition) is 2. The SMILES string of the molecule is O=C1OC[C@H](Cc2ccccc2)[C@H]1Cc1cccc(O)c1O. The van der Waals surface area contributed by atoms with Crippen molar-refractivity contribution in [3.05, 3.63) is 59.7 Å². The van der Waals surface area contributed by atoms with Crippen LogP contribution in [0.25, 0.3) is 0 Å². The van der Waals surface area contributed by atoms with E-state index in [-0.39, 0.29) is 29.3 Å². The number of benzene rings is 2. The summed E-state index contributed by atoms with van der Waals surface area (Å²) < 4.78 is 5.21. The van der Waals surface area contributed by atoms with Crippen molar-refractivity contribution in [2.24, 2.45) is 11.8 Å². The lowest BCUT2D eigenvalue weighted by Crippen LogP contribution is -2.20. The third-order valence-electron chi connectivity index (χ3n) is 4.19. The summed E-state index contributed by atoms with van der Waals surface area (Å²) in [6.07, 6.45) is 1.13. The first kappa shape index (κ1) is 14.4. The predicted molar refractivity (Wildman–Crippen MR) is 81.6 cm³/mol. The van der Waals surface area contributed by atoms with E-state index >= 15 is 0 Å². The van der Waals surface area contributed by atoms with E-state index < -0.39 is 0 Å². The molecular weight excluding hydrogens is 280 g/mol. The summed E-state index contributed by atoms with van der Waals surface area (Å²) in [6.45, 7) is 0.401. The molecule has 2 aromatic carbocycles. The average Bonchev–Trinajstić information content (AvgIpc) is 2.86. The zero-order valence-corrected chi connectivity index (χ0v) is 12.1. The Morgan fingerprint density at radius 1 is 1.00 bits per heavy atom. The smallest absolute Gasteiger partial charge is 0.309 e. The summed E-state index contributed by atoms with van der Waals surface area (Å²) in [7, 11) is 0. The number of para-hydroxylation sites is 1. The fraction of sp³-hybridized carbons (Fsp3) is 0.278. The molecule has 0 aromatic heterocycles. The molecule has 114 valence electrons. The van der Waals surface area contributed by atoms with Crippen molar-refractivity contribution < 1.29 is 19.7 Å². The van der Waals surface area contributed by atoms with Gasteiger partial charge in [-0.1, -0.05) is 42.5 Å². The number of phenols is 2. The van der Waals surface area contributed by atoms with E-state index in [0.29, 0.717) is 18.6 Å². The maximum absolute atomic E-state index is 12.0. The number of aromatic hydroxyl groups is 2. The second kappa shape index (κ2) is 6.10. The van der Waals surface area contributed by atoms with Gasteiger partial charge in [0.05, 0.1) is 12.5 Å². The molecule has 2 atom stereocenters. The lowest BCUT2D eigenvalue weighted by molar-refractivity contribution is -0.141. The summed E-state index contributed by atoms with van der Waals surface area (Å²) in [5, 5.41) is 19.5. The highest BCUT2D eigenvalue weighted by atomic mass is 16.5. The highest BCUT2D eigenvalue weighted by Gasteiger charge is 2.37. The Hall–Kier alpha value is -2.49. The summed E-state index contributed by atoms with van der Waals surface area (Å²) >= 11 is 0. The van der Waals surface area contributed by atoms with Crippen molar-refractivity contribution in [1.82, 2.24) is 0 Å². The molecule has 4 heteroatoms. The number of phenolic OH excluding ortho intramolecular Hbond substituents is 2. The molecule has 2 N–H and O–H groups in total. The van der Waals surface area contributed by atoms with E-state index in [1.165, 1.54) is 6.07 Å². The molecule has 1 heterocycles. The van der Waals surface area contributed by atoms with Gasteiger partial charge in [-0.15, -0.1) is 0 Å². The van der Waals surface area contributed by atoms with Crippen LogP contribution < -0.4 is 0 Å². The van der Waals surface area contributed by atoms with Gasteiger partial charge in [-0.2, -0.15) is 0 Å². The van der Waals surface area contributed by atoms with E-state index in [0.717, 1.165) is 12.0 Å². The Bertz CT molecular complexity index is 666. The van der Waals surface area contributed by atoms with E-state index in [4.69, 9.17) is 4.74 Å². The van der Waals surface area contributed by atoms with E-state index in [9.17, 15) is 15.0 Å². The number of carbonyl (C=O) groups excluding carboxylic acids is 1. The largest absolute Gasteiger partial charge is 0.504 e. The summed E-state index contributed by atoms with van der Waals surface area (Å²) in [4.78, 5) is 12.0. The average molecular weight is 298 g/mol. The number of ether oxygens (including phenoxy) is 1. The highest BCUT2D eigenvalue weighted by Crippen LogP contribution is 2.34. The number of carbonyl (C=O) groups is 1. The molecule has 22 heavy (non-hydrogen) atoms. The van der Waals surface area contributed by atoms with Crippen LogP contribution in [0, 0.1) is 11.8 Å². The van der Waals surface area contributed by atoms with Crippen LogP contribution in [-0.4, -0.2) is 22.8 Å². The molecular formula is C18H18O4. The van der Waals surface area contributed by atoms with Crippen molar-refractivity contribution in [2.45, 2.75) is 12.8 Å². The second-order valence-corrected chi connectivity index (χ2v) is 5.68. The van der Waals surface area contributed by atoms with Gasteiger partial charge in [0, 0.05) is 5.92 Å². The molecule has 1 fully saturated rings. The van der Waals surface area contributed by atoms with Crippen LogP contribution >= 0.6 is 0 Å². The monoisotopic (exact) mass is 298 g/mol. The molecule has 3 rings (SSSR count). The predicted octanol–water partition coefficient (Wildman–Crippen LogP) is 2.67. The molecule has 1 aliphatic rings. The first-order valence-electron chi connectivity index (χ1n) is 7.35. The van der Waals surface area contributed by atoms with Gasteiger partial charge in [0.15, 0.2) is 11.5 Å². The van der Waals surface area contributed by atoms with Gasteiger partial charge in [0.25, 0.3) is 0 Å². The third kappa shape index (κ3) is 2.91. The number of hydrogen-bond acceptors (Lipinski definition) is 4. The Kier molecular flexibility index (Phi) is 4.00. The fourth-order valence-corrected chi connectivity index (χ4v) is 2.95. The molecule has 2 aromatic rings. The van der Waals surface area contributed by atoms with Crippen LogP contribution in [0.2, 0.25) is 0 Å². The summed E-state index contributed by atoms with van der Waals surface area (Å²) in [5.74, 6) is -0.766. The van der Waals surface area contributed by atoms with E-state index in [1.54, 1.807) is 12.1 Å². The van der Waals surface area contributed by atoms with Crippen LogP contribution in [0.3, 0.4) is 0 Å².